The minimum absolute atomic E-state index is 0.00317. The molecule has 1 aliphatic carbocycles. The average Bonchev–Trinajstić information content (AvgIpc) is 3.15. The molecule has 2 fully saturated rings. The first-order chi connectivity index (χ1) is 9.78. The molecule has 21 heavy (non-hydrogen) atoms. The highest BCUT2D eigenvalue weighted by Gasteiger charge is 2.42. The Hall–Kier alpha value is -0.500. The molecule has 2 aliphatic rings. The Labute approximate surface area is 130 Å². The summed E-state index contributed by atoms with van der Waals surface area (Å²) in [5.41, 5.74) is 1.04. The average molecular weight is 330 g/mol. The van der Waals surface area contributed by atoms with Crippen molar-refractivity contribution in [3.8, 4) is 0 Å². The maximum absolute atomic E-state index is 12.3. The van der Waals surface area contributed by atoms with Gasteiger partial charge >= 0.3 is 0 Å². The van der Waals surface area contributed by atoms with E-state index in [-0.39, 0.29) is 16.8 Å². The fourth-order valence-electron chi connectivity index (χ4n) is 2.36. The molecule has 1 saturated carbocycles. The molecule has 0 unspecified atom stereocenters. The third-order valence-electron chi connectivity index (χ3n) is 3.90. The number of morpholine rings is 1. The molecule has 0 aromatic carbocycles. The first-order valence-corrected chi connectivity index (χ1v) is 9.73. The van der Waals surface area contributed by atoms with Crippen LogP contribution in [-0.4, -0.2) is 42.7 Å². The van der Waals surface area contributed by atoms with Gasteiger partial charge in [0.05, 0.1) is 17.6 Å². The monoisotopic (exact) mass is 330 g/mol. The lowest BCUT2D eigenvalue weighted by atomic mass is 9.93. The first kappa shape index (κ1) is 15.4. The highest BCUT2D eigenvalue weighted by Crippen LogP contribution is 2.35. The zero-order valence-electron chi connectivity index (χ0n) is 12.7. The van der Waals surface area contributed by atoms with Crippen molar-refractivity contribution in [2.75, 3.05) is 19.7 Å². The molecule has 118 valence electrons. The molecule has 7 heteroatoms. The van der Waals surface area contributed by atoms with Crippen LogP contribution in [0.2, 0.25) is 0 Å². The van der Waals surface area contributed by atoms with E-state index in [1.165, 1.54) is 0 Å². The van der Waals surface area contributed by atoms with Crippen LogP contribution in [0.4, 0.5) is 0 Å². The lowest BCUT2D eigenvalue weighted by Crippen LogP contribution is -2.43. The second kappa shape index (κ2) is 5.30. The van der Waals surface area contributed by atoms with E-state index >= 15 is 0 Å². The second-order valence-electron chi connectivity index (χ2n) is 6.78. The van der Waals surface area contributed by atoms with Crippen LogP contribution in [0, 0.1) is 0 Å². The molecule has 2 heterocycles. The summed E-state index contributed by atoms with van der Waals surface area (Å²) >= 11 is 1.56. The van der Waals surface area contributed by atoms with E-state index in [1.54, 1.807) is 15.6 Å². The Morgan fingerprint density at radius 1 is 1.38 bits per heavy atom. The molecule has 1 aromatic heterocycles. The molecular formula is C14H22N2O3S2. The second-order valence-corrected chi connectivity index (χ2v) is 9.89. The molecule has 5 nitrogen and oxygen atoms in total. The van der Waals surface area contributed by atoms with E-state index in [2.05, 4.69) is 25.8 Å². The van der Waals surface area contributed by atoms with E-state index < -0.39 is 10.0 Å². The third-order valence-corrected chi connectivity index (χ3v) is 7.20. The summed E-state index contributed by atoms with van der Waals surface area (Å²) in [6.07, 6.45) is 1.37. The van der Waals surface area contributed by atoms with Crippen LogP contribution in [0.3, 0.4) is 0 Å². The molecule has 0 N–H and O–H groups in total. The number of ether oxygens (including phenoxy) is 1. The summed E-state index contributed by atoms with van der Waals surface area (Å²) in [4.78, 5) is 4.65. The summed E-state index contributed by atoms with van der Waals surface area (Å²) in [5.74, 6) is 0. The Kier molecular flexibility index (Phi) is 3.88. The van der Waals surface area contributed by atoms with Crippen molar-refractivity contribution < 1.29 is 13.2 Å². The van der Waals surface area contributed by atoms with Gasteiger partial charge in [-0.3, -0.25) is 0 Å². The molecule has 1 aliphatic heterocycles. The van der Waals surface area contributed by atoms with Crippen molar-refractivity contribution in [1.82, 2.24) is 9.29 Å². The number of sulfonamides is 1. The smallest absolute Gasteiger partial charge is 0.217 e. The number of rotatable bonds is 3. The van der Waals surface area contributed by atoms with Gasteiger partial charge in [-0.1, -0.05) is 20.8 Å². The normalized spacial score (nSPS) is 25.2. The molecule has 3 rings (SSSR count). The van der Waals surface area contributed by atoms with Gasteiger partial charge in [-0.05, 0) is 12.8 Å². The predicted molar refractivity (Wildman–Crippen MR) is 83.0 cm³/mol. The van der Waals surface area contributed by atoms with Crippen molar-refractivity contribution >= 4 is 21.4 Å². The van der Waals surface area contributed by atoms with Crippen molar-refractivity contribution in [2.24, 2.45) is 0 Å². The lowest BCUT2D eigenvalue weighted by molar-refractivity contribution is -0.00283. The van der Waals surface area contributed by atoms with E-state index in [9.17, 15) is 8.42 Å². The largest absolute Gasteiger partial charge is 0.368 e. The molecule has 0 bridgehead atoms. The highest BCUT2D eigenvalue weighted by molar-refractivity contribution is 7.90. The van der Waals surface area contributed by atoms with Crippen LogP contribution in [0.1, 0.15) is 50.4 Å². The Balaban J connectivity index is 1.75. The standard InChI is InChI=1S/C14H22N2O3S2/c1-14(2,3)12-9-20-13(15-12)11-8-16(6-7-19-11)21(17,18)10-4-5-10/h9-11H,4-8H2,1-3H3/t11-/m1/s1. The van der Waals surface area contributed by atoms with Crippen LogP contribution < -0.4 is 0 Å². The zero-order chi connectivity index (χ0) is 15.3. The van der Waals surface area contributed by atoms with Gasteiger partial charge in [-0.2, -0.15) is 4.31 Å². The van der Waals surface area contributed by atoms with E-state index in [4.69, 9.17) is 4.74 Å². The Morgan fingerprint density at radius 2 is 2.10 bits per heavy atom. The van der Waals surface area contributed by atoms with Crippen LogP contribution in [0.15, 0.2) is 5.38 Å². The highest BCUT2D eigenvalue weighted by atomic mass is 32.2. The quantitative estimate of drug-likeness (QED) is 0.853. The van der Waals surface area contributed by atoms with Gasteiger partial charge in [-0.15, -0.1) is 11.3 Å². The maximum atomic E-state index is 12.3. The minimum atomic E-state index is -3.12. The van der Waals surface area contributed by atoms with Crippen LogP contribution in [0.5, 0.6) is 0 Å². The van der Waals surface area contributed by atoms with Gasteiger partial charge < -0.3 is 4.74 Å². The van der Waals surface area contributed by atoms with E-state index in [1.807, 2.05) is 5.38 Å². The van der Waals surface area contributed by atoms with Crippen LogP contribution in [0.25, 0.3) is 0 Å². The summed E-state index contributed by atoms with van der Waals surface area (Å²) in [6, 6.07) is 0. The molecule has 0 spiro atoms. The first-order valence-electron chi connectivity index (χ1n) is 7.35. The van der Waals surface area contributed by atoms with Gasteiger partial charge in [0.2, 0.25) is 10.0 Å². The van der Waals surface area contributed by atoms with E-state index in [0.717, 1.165) is 23.5 Å². The van der Waals surface area contributed by atoms with Crippen LogP contribution in [-0.2, 0) is 20.2 Å². The van der Waals surface area contributed by atoms with Gasteiger partial charge in [0.25, 0.3) is 0 Å². The number of hydrogen-bond acceptors (Lipinski definition) is 5. The Bertz CT molecular complexity index is 614. The van der Waals surface area contributed by atoms with Crippen molar-refractivity contribution in [1.29, 1.82) is 0 Å². The summed E-state index contributed by atoms with van der Waals surface area (Å²) in [5, 5.41) is 2.78. The molecule has 0 radical (unpaired) electrons. The topological polar surface area (TPSA) is 59.5 Å². The van der Waals surface area contributed by atoms with Crippen molar-refractivity contribution in [3.05, 3.63) is 16.1 Å². The SMILES string of the molecule is CC(C)(C)c1csc([C@H]2CN(S(=O)(=O)C3CC3)CCO2)n1. The number of aromatic nitrogens is 1. The molecule has 1 aromatic rings. The molecule has 1 saturated heterocycles. The van der Waals surface area contributed by atoms with Crippen molar-refractivity contribution in [3.63, 3.8) is 0 Å². The van der Waals surface area contributed by atoms with Crippen molar-refractivity contribution in [2.45, 2.75) is 50.4 Å². The van der Waals surface area contributed by atoms with Gasteiger partial charge in [0.1, 0.15) is 11.1 Å². The fourth-order valence-corrected chi connectivity index (χ4v) is 5.27. The summed E-state index contributed by atoms with van der Waals surface area (Å²) in [6.45, 7) is 7.68. The fraction of sp³-hybridized carbons (Fsp3) is 0.786. The van der Waals surface area contributed by atoms with Gasteiger partial charge in [-0.25, -0.2) is 13.4 Å². The maximum Gasteiger partial charge on any atom is 0.217 e. The molecular weight excluding hydrogens is 308 g/mol. The third kappa shape index (κ3) is 3.16. The van der Waals surface area contributed by atoms with E-state index in [0.29, 0.717) is 19.7 Å². The summed E-state index contributed by atoms with van der Waals surface area (Å²) in [7, 11) is -3.12. The lowest BCUT2D eigenvalue weighted by Gasteiger charge is -2.31. The number of hydrogen-bond donors (Lipinski definition) is 0. The molecule has 1 atom stereocenters. The summed E-state index contributed by atoms with van der Waals surface area (Å²) < 4.78 is 32.0. The minimum Gasteiger partial charge on any atom is -0.368 e. The molecule has 0 amide bonds. The zero-order valence-corrected chi connectivity index (χ0v) is 14.3. The number of nitrogens with zero attached hydrogens (tertiary/aromatic N) is 2. The van der Waals surface area contributed by atoms with Crippen LogP contribution >= 0.6 is 11.3 Å². The van der Waals surface area contributed by atoms with Gasteiger partial charge in [0.15, 0.2) is 0 Å². The number of thiazole rings is 1. The van der Waals surface area contributed by atoms with Gasteiger partial charge in [0, 0.05) is 23.9 Å². The Morgan fingerprint density at radius 3 is 2.67 bits per heavy atom. The predicted octanol–water partition coefficient (Wildman–Crippen LogP) is 2.31.